The van der Waals surface area contributed by atoms with Gasteiger partial charge in [0.05, 0.1) is 12.3 Å². The van der Waals surface area contributed by atoms with Crippen molar-refractivity contribution in [2.45, 2.75) is 19.3 Å². The average Bonchev–Trinajstić information content (AvgIpc) is 2.47. The van der Waals surface area contributed by atoms with Gasteiger partial charge in [-0.1, -0.05) is 23.8 Å². The largest absolute Gasteiger partial charge is 0.481 e. The van der Waals surface area contributed by atoms with Crippen LogP contribution in [0.1, 0.15) is 29.6 Å². The fourth-order valence-electron chi connectivity index (χ4n) is 2.47. The first-order chi connectivity index (χ1) is 9.99. The molecule has 0 unspecified atom stereocenters. The van der Waals surface area contributed by atoms with Gasteiger partial charge in [-0.3, -0.25) is 14.4 Å². The fraction of sp³-hybridized carbons (Fsp3) is 0.312. The normalized spacial score (nSPS) is 21.0. The molecule has 0 heterocycles. The maximum atomic E-state index is 12.2. The molecular weight excluding hydrogens is 292 g/mol. The van der Waals surface area contributed by atoms with Crippen molar-refractivity contribution >= 4 is 29.1 Å². The van der Waals surface area contributed by atoms with Gasteiger partial charge in [0, 0.05) is 16.5 Å². The number of carboxylic acid groups (broad SMARTS) is 1. The molecule has 1 N–H and O–H groups in total. The number of hydrogen-bond acceptors (Lipinski definition) is 3. The Labute approximate surface area is 127 Å². The van der Waals surface area contributed by atoms with Crippen LogP contribution in [0.4, 0.5) is 0 Å². The van der Waals surface area contributed by atoms with Crippen molar-refractivity contribution in [1.82, 2.24) is 0 Å². The highest BCUT2D eigenvalue weighted by Crippen LogP contribution is 2.28. The lowest BCUT2D eigenvalue weighted by atomic mass is 9.79. The van der Waals surface area contributed by atoms with E-state index in [2.05, 4.69) is 0 Å². The third-order valence-electron chi connectivity index (χ3n) is 3.66. The SMILES string of the molecule is O=C(CC(=O)[C@H]1CC=CC[C@H]1C(=O)O)c1ccc(Cl)cc1. The molecule has 1 aliphatic rings. The number of ketones is 2. The molecule has 0 saturated carbocycles. The molecule has 0 fully saturated rings. The van der Waals surface area contributed by atoms with Crippen molar-refractivity contribution in [3.05, 3.63) is 47.0 Å². The fourth-order valence-corrected chi connectivity index (χ4v) is 2.60. The second-order valence-corrected chi connectivity index (χ2v) is 5.50. The minimum Gasteiger partial charge on any atom is -0.481 e. The van der Waals surface area contributed by atoms with Gasteiger partial charge >= 0.3 is 5.97 Å². The van der Waals surface area contributed by atoms with Gasteiger partial charge in [-0.05, 0) is 37.1 Å². The lowest BCUT2D eigenvalue weighted by molar-refractivity contribution is -0.146. The van der Waals surface area contributed by atoms with Crippen LogP contribution in [-0.2, 0) is 9.59 Å². The second-order valence-electron chi connectivity index (χ2n) is 5.07. The van der Waals surface area contributed by atoms with Crippen LogP contribution in [0.5, 0.6) is 0 Å². The number of allylic oxidation sites excluding steroid dienone is 2. The van der Waals surface area contributed by atoms with Crippen molar-refractivity contribution in [2.75, 3.05) is 0 Å². The Kier molecular flexibility index (Phi) is 4.91. The summed E-state index contributed by atoms with van der Waals surface area (Å²) in [4.78, 5) is 35.5. The zero-order valence-corrected chi connectivity index (χ0v) is 12.0. The molecular formula is C16H15ClO4. The molecule has 1 aromatic rings. The highest BCUT2D eigenvalue weighted by Gasteiger charge is 2.34. The van der Waals surface area contributed by atoms with E-state index in [1.807, 2.05) is 0 Å². The first-order valence-corrected chi connectivity index (χ1v) is 7.06. The number of aliphatic carboxylic acids is 1. The minimum absolute atomic E-state index is 0.274. The van der Waals surface area contributed by atoms with Crippen LogP contribution in [0.25, 0.3) is 0 Å². The monoisotopic (exact) mass is 306 g/mol. The Morgan fingerprint density at radius 2 is 1.62 bits per heavy atom. The number of carbonyl (C=O) groups excluding carboxylic acids is 2. The quantitative estimate of drug-likeness (QED) is 0.515. The zero-order chi connectivity index (χ0) is 15.4. The number of Topliss-reactive ketones (excluding diaryl/α,β-unsaturated/α-hetero) is 2. The Hall–Kier alpha value is -1.94. The van der Waals surface area contributed by atoms with E-state index in [9.17, 15) is 14.4 Å². The van der Waals surface area contributed by atoms with Gasteiger partial charge in [-0.2, -0.15) is 0 Å². The van der Waals surface area contributed by atoms with E-state index >= 15 is 0 Å². The number of rotatable bonds is 5. The molecule has 5 heteroatoms. The summed E-state index contributed by atoms with van der Waals surface area (Å²) < 4.78 is 0. The van der Waals surface area contributed by atoms with Gasteiger partial charge in [-0.25, -0.2) is 0 Å². The van der Waals surface area contributed by atoms with Crippen LogP contribution in [0.3, 0.4) is 0 Å². The number of halogens is 1. The summed E-state index contributed by atoms with van der Waals surface area (Å²) in [6.45, 7) is 0. The lowest BCUT2D eigenvalue weighted by Gasteiger charge is -2.23. The van der Waals surface area contributed by atoms with E-state index in [1.165, 1.54) is 0 Å². The maximum Gasteiger partial charge on any atom is 0.307 e. The van der Waals surface area contributed by atoms with Crippen molar-refractivity contribution in [3.63, 3.8) is 0 Å². The first kappa shape index (κ1) is 15.4. The molecule has 1 aromatic carbocycles. The Morgan fingerprint density at radius 1 is 1.05 bits per heavy atom. The summed E-state index contributed by atoms with van der Waals surface area (Å²) in [5, 5.41) is 9.67. The molecule has 0 saturated heterocycles. The van der Waals surface area contributed by atoms with Gasteiger partial charge in [0.15, 0.2) is 5.78 Å². The van der Waals surface area contributed by atoms with E-state index in [-0.39, 0.29) is 18.0 Å². The number of carbonyl (C=O) groups is 3. The van der Waals surface area contributed by atoms with E-state index in [0.29, 0.717) is 23.4 Å². The standard InChI is InChI=1S/C16H15ClO4/c17-11-7-5-10(6-8-11)14(18)9-15(19)12-3-1-2-4-13(12)16(20)21/h1-2,5-8,12-13H,3-4,9H2,(H,20,21)/t12-,13+/m0/s1. The Bertz CT molecular complexity index is 589. The summed E-state index contributed by atoms with van der Waals surface area (Å²) in [5.74, 6) is -2.97. The predicted octanol–water partition coefficient (Wildman–Crippen LogP) is 3.15. The van der Waals surface area contributed by atoms with Crippen LogP contribution >= 0.6 is 11.6 Å². The van der Waals surface area contributed by atoms with E-state index in [0.717, 1.165) is 0 Å². The van der Waals surface area contributed by atoms with Gasteiger partial charge in [0.2, 0.25) is 0 Å². The number of carboxylic acids is 1. The molecule has 0 spiro atoms. The molecule has 0 radical (unpaired) electrons. The summed E-state index contributed by atoms with van der Waals surface area (Å²) in [6.07, 6.45) is 4.01. The van der Waals surface area contributed by atoms with Crippen LogP contribution in [-0.4, -0.2) is 22.6 Å². The second kappa shape index (κ2) is 6.68. The number of hydrogen-bond donors (Lipinski definition) is 1. The Balaban J connectivity index is 2.06. The van der Waals surface area contributed by atoms with Crippen molar-refractivity contribution in [1.29, 1.82) is 0 Å². The highest BCUT2D eigenvalue weighted by molar-refractivity contribution is 6.30. The third-order valence-corrected chi connectivity index (χ3v) is 3.92. The van der Waals surface area contributed by atoms with Gasteiger partial charge < -0.3 is 5.11 Å². The molecule has 1 aliphatic carbocycles. The molecule has 0 amide bonds. The first-order valence-electron chi connectivity index (χ1n) is 6.68. The minimum atomic E-state index is -0.989. The molecule has 110 valence electrons. The molecule has 21 heavy (non-hydrogen) atoms. The number of benzene rings is 1. The highest BCUT2D eigenvalue weighted by atomic mass is 35.5. The molecule has 2 rings (SSSR count). The van der Waals surface area contributed by atoms with E-state index in [1.54, 1.807) is 36.4 Å². The lowest BCUT2D eigenvalue weighted by Crippen LogP contribution is -2.32. The van der Waals surface area contributed by atoms with Crippen molar-refractivity contribution in [3.8, 4) is 0 Å². The molecule has 0 aromatic heterocycles. The molecule has 0 aliphatic heterocycles. The molecule has 2 atom stereocenters. The van der Waals surface area contributed by atoms with Crippen LogP contribution < -0.4 is 0 Å². The Morgan fingerprint density at radius 3 is 2.19 bits per heavy atom. The maximum absolute atomic E-state index is 12.2. The van der Waals surface area contributed by atoms with Crippen LogP contribution in [0.15, 0.2) is 36.4 Å². The predicted molar refractivity (Wildman–Crippen MR) is 78.4 cm³/mol. The summed E-state index contributed by atoms with van der Waals surface area (Å²) in [5.41, 5.74) is 0.408. The zero-order valence-electron chi connectivity index (χ0n) is 11.3. The van der Waals surface area contributed by atoms with Gasteiger partial charge in [0.1, 0.15) is 5.78 Å². The van der Waals surface area contributed by atoms with E-state index in [4.69, 9.17) is 16.7 Å². The topological polar surface area (TPSA) is 71.4 Å². The van der Waals surface area contributed by atoms with Crippen LogP contribution in [0.2, 0.25) is 5.02 Å². The summed E-state index contributed by atoms with van der Waals surface area (Å²) in [7, 11) is 0. The summed E-state index contributed by atoms with van der Waals surface area (Å²) in [6, 6.07) is 6.30. The van der Waals surface area contributed by atoms with Crippen molar-refractivity contribution in [2.24, 2.45) is 11.8 Å². The molecule has 0 bridgehead atoms. The summed E-state index contributed by atoms with van der Waals surface area (Å²) >= 11 is 5.75. The molecule has 4 nitrogen and oxygen atoms in total. The van der Waals surface area contributed by atoms with E-state index < -0.39 is 17.8 Å². The van der Waals surface area contributed by atoms with Crippen LogP contribution in [0, 0.1) is 11.8 Å². The van der Waals surface area contributed by atoms with Gasteiger partial charge in [-0.15, -0.1) is 0 Å². The van der Waals surface area contributed by atoms with Crippen molar-refractivity contribution < 1.29 is 19.5 Å². The average molecular weight is 307 g/mol. The van der Waals surface area contributed by atoms with Gasteiger partial charge in [0.25, 0.3) is 0 Å². The smallest absolute Gasteiger partial charge is 0.307 e. The third kappa shape index (κ3) is 3.79.